The fraction of sp³-hybridized carbons (Fsp3) is 0.526. The van der Waals surface area contributed by atoms with Crippen molar-refractivity contribution in [3.05, 3.63) is 24.4 Å². The summed E-state index contributed by atoms with van der Waals surface area (Å²) in [5.74, 6) is -1.68. The van der Waals surface area contributed by atoms with Crippen molar-refractivity contribution < 1.29 is 19.5 Å². The second kappa shape index (κ2) is 8.75. The molecule has 1 unspecified atom stereocenters. The van der Waals surface area contributed by atoms with E-state index in [-0.39, 0.29) is 18.2 Å². The van der Waals surface area contributed by atoms with Crippen LogP contribution in [-0.2, 0) is 14.4 Å². The topological polar surface area (TPSA) is 112 Å². The van der Waals surface area contributed by atoms with E-state index in [1.807, 2.05) is 0 Å². The first-order valence-corrected chi connectivity index (χ1v) is 9.34. The van der Waals surface area contributed by atoms with Gasteiger partial charge >= 0.3 is 5.97 Å². The van der Waals surface area contributed by atoms with Gasteiger partial charge in [0, 0.05) is 18.8 Å². The average Bonchev–Trinajstić information content (AvgIpc) is 3.33. The molecule has 144 valence electrons. The summed E-state index contributed by atoms with van der Waals surface area (Å²) in [4.78, 5) is 40.9. The largest absolute Gasteiger partial charge is 0.481 e. The monoisotopic (exact) mass is 372 g/mol. The maximum atomic E-state index is 13.0. The molecule has 8 nitrogen and oxygen atoms in total. The third-order valence-electron chi connectivity index (χ3n) is 5.14. The fourth-order valence-corrected chi connectivity index (χ4v) is 3.81. The van der Waals surface area contributed by atoms with E-state index in [0.29, 0.717) is 24.6 Å². The highest BCUT2D eigenvalue weighted by Gasteiger charge is 2.38. The summed E-state index contributed by atoms with van der Waals surface area (Å²) in [5.41, 5.74) is 0. The molecule has 2 heterocycles. The molecule has 0 radical (unpaired) electrons. The zero-order valence-corrected chi connectivity index (χ0v) is 15.1. The highest BCUT2D eigenvalue weighted by atomic mass is 16.4. The average molecular weight is 372 g/mol. The van der Waals surface area contributed by atoms with Crippen LogP contribution in [0.2, 0.25) is 0 Å². The van der Waals surface area contributed by atoms with Gasteiger partial charge in [-0.25, -0.2) is 9.99 Å². The Kier molecular flexibility index (Phi) is 6.16. The third-order valence-corrected chi connectivity index (χ3v) is 5.14. The first kappa shape index (κ1) is 19.0. The van der Waals surface area contributed by atoms with Gasteiger partial charge in [-0.1, -0.05) is 31.7 Å². The zero-order valence-electron chi connectivity index (χ0n) is 15.1. The van der Waals surface area contributed by atoms with E-state index < -0.39 is 17.9 Å². The van der Waals surface area contributed by atoms with Crippen LogP contribution in [0, 0.1) is 11.8 Å². The van der Waals surface area contributed by atoms with Gasteiger partial charge in [-0.2, -0.15) is 5.10 Å². The number of pyridine rings is 1. The van der Waals surface area contributed by atoms with E-state index in [1.54, 1.807) is 24.4 Å². The van der Waals surface area contributed by atoms with Crippen molar-refractivity contribution in [2.75, 3.05) is 5.32 Å². The number of carbonyl (C=O) groups is 3. The van der Waals surface area contributed by atoms with E-state index in [4.69, 9.17) is 0 Å². The number of carbonyl (C=O) groups excluding carboxylic acids is 2. The molecule has 2 atom stereocenters. The molecule has 0 aromatic carbocycles. The molecule has 1 aromatic heterocycles. The first-order valence-electron chi connectivity index (χ1n) is 9.34. The summed E-state index contributed by atoms with van der Waals surface area (Å²) >= 11 is 0. The van der Waals surface area contributed by atoms with Gasteiger partial charge in [-0.15, -0.1) is 0 Å². The van der Waals surface area contributed by atoms with Gasteiger partial charge in [0.05, 0.1) is 12.3 Å². The highest BCUT2D eigenvalue weighted by molar-refractivity contribution is 5.99. The Morgan fingerprint density at radius 3 is 2.70 bits per heavy atom. The lowest BCUT2D eigenvalue weighted by Crippen LogP contribution is -2.44. The number of amides is 2. The molecule has 2 amide bonds. The van der Waals surface area contributed by atoms with Crippen LogP contribution in [0.1, 0.15) is 44.9 Å². The number of aromatic nitrogens is 1. The van der Waals surface area contributed by atoms with E-state index in [0.717, 1.165) is 30.7 Å². The lowest BCUT2D eigenvalue weighted by molar-refractivity contribution is -0.147. The minimum Gasteiger partial charge on any atom is -0.481 e. The van der Waals surface area contributed by atoms with E-state index in [1.165, 1.54) is 6.21 Å². The van der Waals surface area contributed by atoms with Gasteiger partial charge in [0.1, 0.15) is 11.9 Å². The molecule has 1 fully saturated rings. The Balaban J connectivity index is 1.68. The second-order valence-corrected chi connectivity index (χ2v) is 7.12. The fourth-order valence-electron chi connectivity index (χ4n) is 3.81. The summed E-state index contributed by atoms with van der Waals surface area (Å²) in [7, 11) is 0. The lowest BCUT2D eigenvalue weighted by atomic mass is 9.90. The number of nitrogens with zero attached hydrogens (tertiary/aromatic N) is 3. The summed E-state index contributed by atoms with van der Waals surface area (Å²) in [5, 5.41) is 17.1. The Labute approximate surface area is 157 Å². The second-order valence-electron chi connectivity index (χ2n) is 7.12. The van der Waals surface area contributed by atoms with Crippen molar-refractivity contribution >= 4 is 29.8 Å². The summed E-state index contributed by atoms with van der Waals surface area (Å²) in [6.45, 7) is 0. The van der Waals surface area contributed by atoms with E-state index in [2.05, 4.69) is 15.4 Å². The maximum absolute atomic E-state index is 13.0. The smallest absolute Gasteiger partial charge is 0.304 e. The minimum atomic E-state index is -1.01. The first-order chi connectivity index (χ1) is 13.0. The predicted octanol–water partition coefficient (Wildman–Crippen LogP) is 2.28. The normalized spacial score (nSPS) is 20.6. The molecule has 1 aliphatic heterocycles. The Morgan fingerprint density at radius 1 is 1.26 bits per heavy atom. The van der Waals surface area contributed by atoms with Gasteiger partial charge in [0.15, 0.2) is 0 Å². The van der Waals surface area contributed by atoms with Crippen molar-refractivity contribution in [3.8, 4) is 0 Å². The summed E-state index contributed by atoms with van der Waals surface area (Å²) in [6, 6.07) is 4.37. The Hall–Kier alpha value is -2.77. The summed E-state index contributed by atoms with van der Waals surface area (Å²) < 4.78 is 0. The lowest BCUT2D eigenvalue weighted by Gasteiger charge is -2.26. The van der Waals surface area contributed by atoms with Crippen LogP contribution < -0.4 is 5.32 Å². The van der Waals surface area contributed by atoms with Crippen LogP contribution in [0.3, 0.4) is 0 Å². The van der Waals surface area contributed by atoms with E-state index in [9.17, 15) is 19.5 Å². The van der Waals surface area contributed by atoms with Crippen molar-refractivity contribution in [1.82, 2.24) is 9.99 Å². The van der Waals surface area contributed by atoms with Crippen LogP contribution in [0.15, 0.2) is 29.5 Å². The number of carboxylic acid groups (broad SMARTS) is 1. The standard InChI is InChI=1S/C19H24N4O4/c24-17(25)12-14(11-13-5-1-2-6-13)19(27)23-15(8-10-21-23)18(26)22-16-7-3-4-9-20-16/h3-4,7,9-10,13-15H,1-2,5-6,8,11-12H2,(H,24,25)(H,20,22,26)/t14?,15-/m0/s1. The van der Waals surface area contributed by atoms with Gasteiger partial charge < -0.3 is 10.4 Å². The van der Waals surface area contributed by atoms with Gasteiger partial charge in [0.2, 0.25) is 5.91 Å². The third kappa shape index (κ3) is 4.90. The number of nitrogens with one attached hydrogen (secondary N) is 1. The molecule has 0 saturated heterocycles. The van der Waals surface area contributed by atoms with Crippen LogP contribution in [0.5, 0.6) is 0 Å². The van der Waals surface area contributed by atoms with Crippen LogP contribution in [0.4, 0.5) is 5.82 Å². The predicted molar refractivity (Wildman–Crippen MR) is 98.9 cm³/mol. The molecular formula is C19H24N4O4. The number of aliphatic carboxylic acids is 1. The van der Waals surface area contributed by atoms with Crippen LogP contribution in [0.25, 0.3) is 0 Å². The number of hydrogen-bond donors (Lipinski definition) is 2. The number of carboxylic acids is 1. The molecule has 1 aromatic rings. The molecule has 27 heavy (non-hydrogen) atoms. The van der Waals surface area contributed by atoms with Crippen LogP contribution in [-0.4, -0.2) is 45.1 Å². The van der Waals surface area contributed by atoms with Crippen molar-refractivity contribution in [2.45, 2.75) is 51.0 Å². The molecule has 8 heteroatoms. The number of anilines is 1. The zero-order chi connectivity index (χ0) is 19.2. The molecule has 0 spiro atoms. The molecule has 1 saturated carbocycles. The Morgan fingerprint density at radius 2 is 2.04 bits per heavy atom. The molecular weight excluding hydrogens is 348 g/mol. The molecule has 0 bridgehead atoms. The maximum Gasteiger partial charge on any atom is 0.304 e. The van der Waals surface area contributed by atoms with Gasteiger partial charge in [-0.3, -0.25) is 14.4 Å². The number of rotatable bonds is 7. The van der Waals surface area contributed by atoms with Gasteiger partial charge in [-0.05, 0) is 24.5 Å². The molecule has 2 aliphatic rings. The van der Waals surface area contributed by atoms with Gasteiger partial charge in [0.25, 0.3) is 5.91 Å². The molecule has 2 N–H and O–H groups in total. The summed E-state index contributed by atoms with van der Waals surface area (Å²) in [6.07, 6.45) is 7.97. The van der Waals surface area contributed by atoms with Crippen LogP contribution >= 0.6 is 0 Å². The number of hydrogen-bond acceptors (Lipinski definition) is 5. The van der Waals surface area contributed by atoms with Crippen molar-refractivity contribution in [3.63, 3.8) is 0 Å². The Bertz CT molecular complexity index is 716. The quantitative estimate of drug-likeness (QED) is 0.762. The van der Waals surface area contributed by atoms with Crippen molar-refractivity contribution in [2.24, 2.45) is 16.9 Å². The van der Waals surface area contributed by atoms with Crippen molar-refractivity contribution in [1.29, 1.82) is 0 Å². The van der Waals surface area contributed by atoms with E-state index >= 15 is 0 Å². The molecule has 3 rings (SSSR count). The minimum absolute atomic E-state index is 0.240. The molecule has 1 aliphatic carbocycles. The SMILES string of the molecule is O=C(O)CC(CC1CCCC1)C(=O)N1N=CC[C@H]1C(=O)Nc1ccccn1. The highest BCUT2D eigenvalue weighted by Crippen LogP contribution is 2.33. The number of hydrazone groups is 1.